The highest BCUT2D eigenvalue weighted by atomic mass is 16.2. The summed E-state index contributed by atoms with van der Waals surface area (Å²) in [7, 11) is 0. The van der Waals surface area contributed by atoms with E-state index in [1.165, 1.54) is 19.3 Å². The standard InChI is InChI=1S/C27H43N3O.2C2H6/c1-7-21-18-22(29-20(2)12-15-25(3,4)5)10-11-23(21)24(31)30-17-16-26(6)13-8-9-14-27(26,28)19-30;2*1-2/h10-11,18,29H,2,7-9,12-17,19,28H2,1,3-6H3;2*1-2H3/t26-,27?;;/m0../s1. The molecule has 2 fully saturated rings. The molecule has 200 valence electrons. The second-order valence-electron chi connectivity index (χ2n) is 11.4. The average molecular weight is 486 g/mol. The second kappa shape index (κ2) is 13.5. The Kier molecular flexibility index (Phi) is 12.0. The summed E-state index contributed by atoms with van der Waals surface area (Å²) in [6, 6.07) is 6.11. The summed E-state index contributed by atoms with van der Waals surface area (Å²) in [5.41, 5.74) is 11.0. The first-order chi connectivity index (χ1) is 16.5. The van der Waals surface area contributed by atoms with Crippen LogP contribution in [0.25, 0.3) is 0 Å². The van der Waals surface area contributed by atoms with Gasteiger partial charge in [-0.15, -0.1) is 0 Å². The van der Waals surface area contributed by atoms with Gasteiger partial charge in [0.1, 0.15) is 0 Å². The van der Waals surface area contributed by atoms with Crippen molar-refractivity contribution in [2.75, 3.05) is 18.4 Å². The normalized spacial score (nSPS) is 23.7. The van der Waals surface area contributed by atoms with E-state index in [2.05, 4.69) is 52.6 Å². The Balaban J connectivity index is 0.00000145. The second-order valence-corrected chi connectivity index (χ2v) is 11.4. The van der Waals surface area contributed by atoms with Crippen LogP contribution in [0.1, 0.15) is 123 Å². The van der Waals surface area contributed by atoms with Gasteiger partial charge < -0.3 is 16.0 Å². The van der Waals surface area contributed by atoms with Crippen LogP contribution in [0.2, 0.25) is 0 Å². The highest BCUT2D eigenvalue weighted by Crippen LogP contribution is 2.48. The van der Waals surface area contributed by atoms with Crippen molar-refractivity contribution in [1.29, 1.82) is 0 Å². The number of nitrogens with two attached hydrogens (primary N) is 1. The third-order valence-corrected chi connectivity index (χ3v) is 7.71. The van der Waals surface area contributed by atoms with Crippen molar-refractivity contribution in [2.45, 2.75) is 119 Å². The molecule has 1 aromatic carbocycles. The molecule has 1 amide bonds. The third kappa shape index (κ3) is 8.10. The number of allylic oxidation sites excluding steroid dienone is 1. The molecule has 1 aliphatic heterocycles. The smallest absolute Gasteiger partial charge is 0.254 e. The predicted octanol–water partition coefficient (Wildman–Crippen LogP) is 8.18. The van der Waals surface area contributed by atoms with Crippen LogP contribution in [0.15, 0.2) is 30.5 Å². The number of fused-ring (bicyclic) bond motifs is 1. The number of hydrogen-bond donors (Lipinski definition) is 2. The van der Waals surface area contributed by atoms with E-state index in [0.29, 0.717) is 12.0 Å². The quantitative estimate of drug-likeness (QED) is 0.427. The molecule has 4 nitrogen and oxygen atoms in total. The lowest BCUT2D eigenvalue weighted by atomic mass is 9.59. The molecule has 1 unspecified atom stereocenters. The van der Waals surface area contributed by atoms with Crippen molar-refractivity contribution in [3.63, 3.8) is 0 Å². The molecule has 2 aliphatic rings. The molecular formula is C31H55N3O. The van der Waals surface area contributed by atoms with Crippen molar-refractivity contribution in [3.05, 3.63) is 41.6 Å². The first kappa shape index (κ1) is 31.2. The van der Waals surface area contributed by atoms with Crippen LogP contribution in [0, 0.1) is 10.8 Å². The van der Waals surface area contributed by atoms with Crippen LogP contribution in [0.3, 0.4) is 0 Å². The van der Waals surface area contributed by atoms with Crippen LogP contribution in [0.4, 0.5) is 5.69 Å². The third-order valence-electron chi connectivity index (χ3n) is 7.71. The highest BCUT2D eigenvalue weighted by Gasteiger charge is 2.51. The van der Waals surface area contributed by atoms with E-state index in [-0.39, 0.29) is 16.9 Å². The molecule has 1 aliphatic carbocycles. The fourth-order valence-corrected chi connectivity index (χ4v) is 5.26. The Labute approximate surface area is 217 Å². The maximum atomic E-state index is 13.5. The number of hydrogen-bond acceptors (Lipinski definition) is 3. The van der Waals surface area contributed by atoms with E-state index >= 15 is 0 Å². The number of piperidine rings is 1. The molecule has 35 heavy (non-hydrogen) atoms. The number of nitrogens with one attached hydrogen (secondary N) is 1. The first-order valence-electron chi connectivity index (χ1n) is 14.1. The SMILES string of the molecule is C=C(CCC(C)(C)C)Nc1ccc(C(=O)N2CC[C@]3(C)CCCCC3(N)C2)c(CC)c1.CC.CC. The number of benzene rings is 1. The van der Waals surface area contributed by atoms with Gasteiger partial charge in [0.15, 0.2) is 0 Å². The van der Waals surface area contributed by atoms with E-state index < -0.39 is 0 Å². The molecule has 1 saturated heterocycles. The summed E-state index contributed by atoms with van der Waals surface area (Å²) in [5.74, 6) is 0.132. The zero-order chi connectivity index (χ0) is 26.9. The lowest BCUT2D eigenvalue weighted by Gasteiger charge is -2.55. The number of carbonyl (C=O) groups is 1. The fourth-order valence-electron chi connectivity index (χ4n) is 5.26. The topological polar surface area (TPSA) is 58.4 Å². The van der Waals surface area contributed by atoms with Crippen molar-refractivity contribution in [3.8, 4) is 0 Å². The van der Waals surface area contributed by atoms with Gasteiger partial charge in [-0.3, -0.25) is 4.79 Å². The maximum Gasteiger partial charge on any atom is 0.254 e. The largest absolute Gasteiger partial charge is 0.359 e. The minimum absolute atomic E-state index is 0.132. The average Bonchev–Trinajstić information content (AvgIpc) is 2.84. The Hall–Kier alpha value is -1.81. The lowest BCUT2D eigenvalue weighted by Crippen LogP contribution is -2.66. The number of rotatable bonds is 6. The predicted molar refractivity (Wildman–Crippen MR) is 154 cm³/mol. The molecular weight excluding hydrogens is 430 g/mol. The Morgan fingerprint density at radius 1 is 1.11 bits per heavy atom. The Bertz CT molecular complexity index is 825. The number of amides is 1. The van der Waals surface area contributed by atoms with Crippen LogP contribution in [0.5, 0.6) is 0 Å². The number of carbonyl (C=O) groups excluding carboxylic acids is 1. The van der Waals surface area contributed by atoms with Gasteiger partial charge in [0.2, 0.25) is 0 Å². The van der Waals surface area contributed by atoms with Crippen LogP contribution in [-0.2, 0) is 6.42 Å². The zero-order valence-corrected chi connectivity index (χ0v) is 24.4. The van der Waals surface area contributed by atoms with Gasteiger partial charge >= 0.3 is 0 Å². The lowest BCUT2D eigenvalue weighted by molar-refractivity contribution is -0.00695. The molecule has 4 heteroatoms. The minimum Gasteiger partial charge on any atom is -0.359 e. The Morgan fingerprint density at radius 3 is 2.34 bits per heavy atom. The van der Waals surface area contributed by atoms with Gasteiger partial charge in [0.25, 0.3) is 5.91 Å². The molecule has 3 rings (SSSR count). The molecule has 1 aromatic rings. The number of aryl methyl sites for hydroxylation is 1. The van der Waals surface area contributed by atoms with E-state index in [1.54, 1.807) is 0 Å². The molecule has 0 radical (unpaired) electrons. The molecule has 0 spiro atoms. The summed E-state index contributed by atoms with van der Waals surface area (Å²) < 4.78 is 0. The zero-order valence-electron chi connectivity index (χ0n) is 24.4. The number of anilines is 1. The van der Waals surface area contributed by atoms with Gasteiger partial charge in [-0.1, -0.05) is 81.7 Å². The van der Waals surface area contributed by atoms with Gasteiger partial charge in [-0.2, -0.15) is 0 Å². The molecule has 0 aromatic heterocycles. The Morgan fingerprint density at radius 2 is 1.74 bits per heavy atom. The van der Waals surface area contributed by atoms with Gasteiger partial charge in [0, 0.05) is 35.6 Å². The van der Waals surface area contributed by atoms with Crippen molar-refractivity contribution in [1.82, 2.24) is 4.90 Å². The van der Waals surface area contributed by atoms with Gasteiger partial charge in [0.05, 0.1) is 0 Å². The highest BCUT2D eigenvalue weighted by molar-refractivity contribution is 5.96. The summed E-state index contributed by atoms with van der Waals surface area (Å²) in [6.45, 7) is 24.9. The van der Waals surface area contributed by atoms with Crippen LogP contribution in [-0.4, -0.2) is 29.4 Å². The van der Waals surface area contributed by atoms with Crippen molar-refractivity contribution in [2.24, 2.45) is 16.6 Å². The molecule has 2 atom stereocenters. The summed E-state index contributed by atoms with van der Waals surface area (Å²) in [6.07, 6.45) is 8.50. The summed E-state index contributed by atoms with van der Waals surface area (Å²) >= 11 is 0. The minimum atomic E-state index is -0.252. The monoisotopic (exact) mass is 485 g/mol. The van der Waals surface area contributed by atoms with E-state index in [9.17, 15) is 4.79 Å². The number of likely N-dealkylation sites (tertiary alicyclic amines) is 1. The fraction of sp³-hybridized carbons (Fsp3) is 0.710. The molecule has 1 saturated carbocycles. The molecule has 0 bridgehead atoms. The maximum absolute atomic E-state index is 13.5. The van der Waals surface area contributed by atoms with E-state index in [1.807, 2.05) is 44.7 Å². The first-order valence-corrected chi connectivity index (χ1v) is 14.1. The van der Waals surface area contributed by atoms with E-state index in [4.69, 9.17) is 5.73 Å². The van der Waals surface area contributed by atoms with Gasteiger partial charge in [-0.25, -0.2) is 0 Å². The van der Waals surface area contributed by atoms with Crippen molar-refractivity contribution < 1.29 is 4.79 Å². The van der Waals surface area contributed by atoms with Gasteiger partial charge in [-0.05, 0) is 73.1 Å². The van der Waals surface area contributed by atoms with Crippen LogP contribution < -0.4 is 11.1 Å². The van der Waals surface area contributed by atoms with Crippen LogP contribution >= 0.6 is 0 Å². The molecule has 1 heterocycles. The summed E-state index contributed by atoms with van der Waals surface area (Å²) in [4.78, 5) is 15.5. The molecule has 3 N–H and O–H groups in total. The van der Waals surface area contributed by atoms with E-state index in [0.717, 1.165) is 61.2 Å². The van der Waals surface area contributed by atoms with Crippen molar-refractivity contribution >= 4 is 11.6 Å². The summed E-state index contributed by atoms with van der Waals surface area (Å²) in [5, 5.41) is 3.44. The number of nitrogens with zero attached hydrogens (tertiary/aromatic N) is 1.